The number of anilines is 1. The largest absolute Gasteiger partial charge is 0.393 e. The summed E-state index contributed by atoms with van der Waals surface area (Å²) in [6, 6.07) is 8.49. The summed E-state index contributed by atoms with van der Waals surface area (Å²) >= 11 is 1.58. The number of benzene rings is 1. The van der Waals surface area contributed by atoms with Crippen LogP contribution in [0.4, 0.5) is 5.82 Å². The Morgan fingerprint density at radius 2 is 1.64 bits per heavy atom. The average molecular weight is 509 g/mol. The normalized spacial score (nSPS) is 36.9. The minimum Gasteiger partial charge on any atom is -0.393 e. The molecule has 0 unspecified atom stereocenters. The molecule has 1 aromatic carbocycles. The second-order valence-corrected chi connectivity index (χ2v) is 12.7. The summed E-state index contributed by atoms with van der Waals surface area (Å²) in [5, 5.41) is 11.6. The number of carbonyl (C=O) groups excluding carboxylic acids is 2. The molecule has 2 bridgehead atoms. The number of aromatic nitrogens is 1. The van der Waals surface area contributed by atoms with Crippen molar-refractivity contribution in [2.75, 3.05) is 44.2 Å². The van der Waals surface area contributed by atoms with Crippen LogP contribution in [0.25, 0.3) is 10.1 Å². The Kier molecular flexibility index (Phi) is 5.82. The van der Waals surface area contributed by atoms with Crippen LogP contribution in [0.15, 0.2) is 24.3 Å². The lowest BCUT2D eigenvalue weighted by Crippen LogP contribution is -2.49. The molecule has 2 aromatic rings. The number of amides is 2. The Morgan fingerprint density at radius 1 is 0.917 bits per heavy atom. The molecular weight excluding hydrogens is 472 g/mol. The number of aliphatic hydroxyl groups excluding tert-OH is 1. The first kappa shape index (κ1) is 23.1. The molecule has 7 atom stereocenters. The Morgan fingerprint density at radius 3 is 2.44 bits per heavy atom. The van der Waals surface area contributed by atoms with Crippen LogP contribution in [0, 0.1) is 35.5 Å². The van der Waals surface area contributed by atoms with E-state index in [-0.39, 0.29) is 35.5 Å². The molecule has 1 aromatic heterocycles. The van der Waals surface area contributed by atoms with Gasteiger partial charge in [-0.15, -0.1) is 0 Å². The lowest BCUT2D eigenvalue weighted by Gasteiger charge is -2.40. The van der Waals surface area contributed by atoms with Crippen LogP contribution in [-0.2, 0) is 9.59 Å². The highest BCUT2D eigenvalue weighted by molar-refractivity contribution is 7.13. The minimum absolute atomic E-state index is 0.00901. The maximum atomic E-state index is 13.3. The monoisotopic (exact) mass is 508 g/mol. The van der Waals surface area contributed by atoms with Gasteiger partial charge >= 0.3 is 0 Å². The van der Waals surface area contributed by atoms with Crippen molar-refractivity contribution in [2.45, 2.75) is 44.6 Å². The highest BCUT2D eigenvalue weighted by Crippen LogP contribution is 2.56. The Labute approximate surface area is 216 Å². The standard InChI is InChI=1S/C28H36N4O3S/c33-22-14-19-13-21(22)25-24(19)27(34)32(28(25)35)16-18-6-2-1-5-17(18)15-30-9-11-31(12-10-30)26-20-7-3-4-8-23(20)36-29-26/h3-4,7-8,17-19,21-22,24-25,33H,1-2,5-6,9-16H2/t17-,18-,19-,21+,22-,24+,25-/m0/s1. The van der Waals surface area contributed by atoms with E-state index in [4.69, 9.17) is 4.37 Å². The number of likely N-dealkylation sites (tertiary alicyclic amines) is 1. The van der Waals surface area contributed by atoms with E-state index in [1.54, 1.807) is 16.4 Å². The van der Waals surface area contributed by atoms with Crippen LogP contribution >= 0.6 is 11.5 Å². The predicted octanol–water partition coefficient (Wildman–Crippen LogP) is 3.23. The number of imide groups is 1. The van der Waals surface area contributed by atoms with Gasteiger partial charge in [-0.2, -0.15) is 4.37 Å². The molecule has 2 aliphatic heterocycles. The van der Waals surface area contributed by atoms with E-state index in [1.807, 2.05) is 0 Å². The van der Waals surface area contributed by atoms with E-state index in [9.17, 15) is 14.7 Å². The number of piperazine rings is 1. The van der Waals surface area contributed by atoms with Crippen molar-refractivity contribution in [3.05, 3.63) is 24.3 Å². The maximum absolute atomic E-state index is 13.3. The van der Waals surface area contributed by atoms with Gasteiger partial charge in [0, 0.05) is 44.7 Å². The molecule has 1 N–H and O–H groups in total. The molecule has 3 aliphatic carbocycles. The first-order valence-corrected chi connectivity index (χ1v) is 14.7. The molecule has 5 aliphatic rings. The molecule has 2 saturated heterocycles. The first-order chi connectivity index (χ1) is 17.6. The van der Waals surface area contributed by atoms with Crippen molar-refractivity contribution in [3.63, 3.8) is 0 Å². The van der Waals surface area contributed by atoms with Crippen molar-refractivity contribution in [1.29, 1.82) is 0 Å². The van der Waals surface area contributed by atoms with E-state index < -0.39 is 6.10 Å². The molecule has 0 spiro atoms. The summed E-state index contributed by atoms with van der Waals surface area (Å²) in [6.45, 7) is 5.69. The second kappa shape index (κ2) is 9.07. The number of hydrogen-bond donors (Lipinski definition) is 1. The summed E-state index contributed by atoms with van der Waals surface area (Å²) in [5.74, 6) is 1.97. The van der Waals surface area contributed by atoms with Gasteiger partial charge in [0.05, 0.1) is 22.6 Å². The zero-order chi connectivity index (χ0) is 24.4. The van der Waals surface area contributed by atoms with Crippen molar-refractivity contribution < 1.29 is 14.7 Å². The van der Waals surface area contributed by atoms with Gasteiger partial charge in [0.15, 0.2) is 0 Å². The molecule has 7 rings (SSSR count). The summed E-state index contributed by atoms with van der Waals surface area (Å²) < 4.78 is 6.00. The number of aliphatic hydroxyl groups is 1. The molecule has 7 nitrogen and oxygen atoms in total. The van der Waals surface area contributed by atoms with E-state index in [1.165, 1.54) is 29.3 Å². The van der Waals surface area contributed by atoms with Gasteiger partial charge < -0.3 is 10.0 Å². The fraction of sp³-hybridized carbons (Fsp3) is 0.679. The van der Waals surface area contributed by atoms with Gasteiger partial charge in [0.2, 0.25) is 11.8 Å². The fourth-order valence-corrected chi connectivity index (χ4v) is 9.04. The number of fused-ring (bicyclic) bond motifs is 6. The smallest absolute Gasteiger partial charge is 0.233 e. The first-order valence-electron chi connectivity index (χ1n) is 13.9. The SMILES string of the molecule is O=C1[C@@H]2[C@H]3C[C@@H]([C@@H]2C(=O)N1C[C@@H]1CCCC[C@H]1CN1CCN(c2nsc4ccccc24)CC1)[C@@H](O)C3. The van der Waals surface area contributed by atoms with Crippen molar-refractivity contribution in [1.82, 2.24) is 14.2 Å². The van der Waals surface area contributed by atoms with Crippen molar-refractivity contribution >= 4 is 39.3 Å². The number of hydrogen-bond acceptors (Lipinski definition) is 7. The third kappa shape index (κ3) is 3.71. The maximum Gasteiger partial charge on any atom is 0.233 e. The molecule has 36 heavy (non-hydrogen) atoms. The topological polar surface area (TPSA) is 77.0 Å². The average Bonchev–Trinajstić information content (AvgIpc) is 3.64. The number of rotatable bonds is 5. The lowest BCUT2D eigenvalue weighted by molar-refractivity contribution is -0.142. The van der Waals surface area contributed by atoms with Crippen LogP contribution < -0.4 is 4.90 Å². The summed E-state index contributed by atoms with van der Waals surface area (Å²) in [5.41, 5.74) is 0. The zero-order valence-corrected chi connectivity index (χ0v) is 21.6. The van der Waals surface area contributed by atoms with Crippen LogP contribution in [-0.4, -0.2) is 76.5 Å². The minimum atomic E-state index is -0.392. The molecule has 8 heteroatoms. The van der Waals surface area contributed by atoms with Crippen LogP contribution in [0.2, 0.25) is 0 Å². The highest BCUT2D eigenvalue weighted by atomic mass is 32.1. The van der Waals surface area contributed by atoms with Gasteiger partial charge in [-0.05, 0) is 73.0 Å². The lowest BCUT2D eigenvalue weighted by atomic mass is 9.78. The van der Waals surface area contributed by atoms with Crippen LogP contribution in [0.1, 0.15) is 38.5 Å². The van der Waals surface area contributed by atoms with E-state index in [0.717, 1.165) is 51.4 Å². The van der Waals surface area contributed by atoms with Gasteiger partial charge in [-0.25, -0.2) is 0 Å². The number of nitrogens with zero attached hydrogens (tertiary/aromatic N) is 4. The highest BCUT2D eigenvalue weighted by Gasteiger charge is 2.63. The molecule has 3 saturated carbocycles. The van der Waals surface area contributed by atoms with Crippen molar-refractivity contribution in [2.24, 2.45) is 35.5 Å². The van der Waals surface area contributed by atoms with Gasteiger partial charge in [0.25, 0.3) is 0 Å². The molecule has 5 fully saturated rings. The van der Waals surface area contributed by atoms with Crippen molar-refractivity contribution in [3.8, 4) is 0 Å². The molecule has 192 valence electrons. The van der Waals surface area contributed by atoms with E-state index >= 15 is 0 Å². The summed E-state index contributed by atoms with van der Waals surface area (Å²) in [4.78, 5) is 33.3. The Bertz CT molecular complexity index is 1160. The van der Waals surface area contributed by atoms with Gasteiger partial charge in [-0.3, -0.25) is 19.4 Å². The molecule has 0 radical (unpaired) electrons. The molecule has 2 amide bonds. The van der Waals surface area contributed by atoms with Crippen LogP contribution in [0.3, 0.4) is 0 Å². The Hall–Kier alpha value is -2.03. The number of carbonyl (C=O) groups is 2. The van der Waals surface area contributed by atoms with Gasteiger partial charge in [-0.1, -0.05) is 25.0 Å². The summed E-state index contributed by atoms with van der Waals surface area (Å²) in [7, 11) is 0. The van der Waals surface area contributed by atoms with E-state index in [2.05, 4.69) is 34.1 Å². The third-order valence-corrected chi connectivity index (χ3v) is 10.9. The van der Waals surface area contributed by atoms with E-state index in [0.29, 0.717) is 24.8 Å². The Balaban J connectivity index is 0.988. The summed E-state index contributed by atoms with van der Waals surface area (Å²) in [6.07, 6.45) is 5.90. The quantitative estimate of drug-likeness (QED) is 0.625. The third-order valence-electron chi connectivity index (χ3n) is 10.1. The zero-order valence-electron chi connectivity index (χ0n) is 20.8. The fourth-order valence-electron chi connectivity index (χ4n) is 8.24. The predicted molar refractivity (Wildman–Crippen MR) is 140 cm³/mol. The second-order valence-electron chi connectivity index (χ2n) is 11.9. The molecule has 3 heterocycles. The molecular formula is C28H36N4O3S. The van der Waals surface area contributed by atoms with Gasteiger partial charge in [0.1, 0.15) is 5.82 Å². The van der Waals surface area contributed by atoms with Crippen LogP contribution in [0.5, 0.6) is 0 Å².